The van der Waals surface area contributed by atoms with Gasteiger partial charge in [0.15, 0.2) is 11.9 Å². The average Bonchev–Trinajstić information content (AvgIpc) is 2.59. The van der Waals surface area contributed by atoms with Gasteiger partial charge in [-0.05, 0) is 88.5 Å². The number of ether oxygens (including phenoxy) is 1. The van der Waals surface area contributed by atoms with E-state index >= 15 is 0 Å². The molecular weight excluding hydrogens is 422 g/mol. The van der Waals surface area contributed by atoms with E-state index < -0.39 is 11.5 Å². The molecule has 28 heavy (non-hydrogen) atoms. The Balaban J connectivity index is 1.39. The van der Waals surface area contributed by atoms with Crippen LogP contribution >= 0.6 is 15.9 Å². The standard InChI is InChI=1S/C22H26BrNO4/c1-13(25)17-3-5-18(6-4-17)24-19(26)14(2)28-20(27)21-8-15-7-16(9-21)11-22(23,10-15)12-21/h3-6,14-16H,7-12H2,1-2H3,(H,24,26)/t14-,15-,16+,21?,22?/m1/s1. The van der Waals surface area contributed by atoms with E-state index in [2.05, 4.69) is 21.2 Å². The van der Waals surface area contributed by atoms with Crippen LogP contribution in [0.1, 0.15) is 62.7 Å². The molecule has 1 N–H and O–H groups in total. The number of benzene rings is 1. The number of nitrogens with one attached hydrogen (secondary N) is 1. The molecule has 2 unspecified atom stereocenters. The van der Waals surface area contributed by atoms with E-state index in [0.717, 1.165) is 32.1 Å². The number of esters is 1. The molecule has 6 heteroatoms. The van der Waals surface area contributed by atoms with Gasteiger partial charge in [-0.25, -0.2) is 0 Å². The average molecular weight is 448 g/mol. The first-order valence-corrected chi connectivity index (χ1v) is 10.8. The summed E-state index contributed by atoms with van der Waals surface area (Å²) in [7, 11) is 0. The Hall–Kier alpha value is -1.69. The highest BCUT2D eigenvalue weighted by Crippen LogP contribution is 2.64. The zero-order chi connectivity index (χ0) is 20.1. The van der Waals surface area contributed by atoms with E-state index in [1.807, 2.05) is 0 Å². The second-order valence-electron chi connectivity index (χ2n) is 9.06. The van der Waals surface area contributed by atoms with Crippen LogP contribution in [0.4, 0.5) is 5.69 Å². The zero-order valence-electron chi connectivity index (χ0n) is 16.3. The van der Waals surface area contributed by atoms with Gasteiger partial charge in [0.2, 0.25) is 0 Å². The van der Waals surface area contributed by atoms with Crippen LogP contribution in [0.2, 0.25) is 0 Å². The van der Waals surface area contributed by atoms with Crippen molar-refractivity contribution in [2.24, 2.45) is 17.3 Å². The lowest BCUT2D eigenvalue weighted by Gasteiger charge is -2.58. The summed E-state index contributed by atoms with van der Waals surface area (Å²) in [5.74, 6) is 0.553. The van der Waals surface area contributed by atoms with Crippen LogP contribution in [-0.2, 0) is 14.3 Å². The number of anilines is 1. The van der Waals surface area contributed by atoms with Crippen LogP contribution in [-0.4, -0.2) is 28.1 Å². The Morgan fingerprint density at radius 3 is 2.25 bits per heavy atom. The predicted molar refractivity (Wildman–Crippen MR) is 109 cm³/mol. The lowest BCUT2D eigenvalue weighted by molar-refractivity contribution is -0.175. The molecule has 4 saturated carbocycles. The first kappa shape index (κ1) is 19.6. The van der Waals surface area contributed by atoms with E-state index in [-0.39, 0.29) is 22.0 Å². The summed E-state index contributed by atoms with van der Waals surface area (Å²) in [5.41, 5.74) is 0.723. The molecule has 4 bridgehead atoms. The highest BCUT2D eigenvalue weighted by Gasteiger charge is 2.60. The Morgan fingerprint density at radius 1 is 1.11 bits per heavy atom. The predicted octanol–water partition coefficient (Wildman–Crippen LogP) is 4.49. The number of halogens is 1. The van der Waals surface area contributed by atoms with E-state index in [0.29, 0.717) is 23.1 Å². The quantitative estimate of drug-likeness (QED) is 0.409. The van der Waals surface area contributed by atoms with Gasteiger partial charge in [-0.2, -0.15) is 0 Å². The zero-order valence-corrected chi connectivity index (χ0v) is 17.9. The molecule has 0 heterocycles. The van der Waals surface area contributed by atoms with Gasteiger partial charge in [0.05, 0.1) is 5.41 Å². The molecule has 4 fully saturated rings. The molecule has 0 radical (unpaired) electrons. The summed E-state index contributed by atoms with van der Waals surface area (Å²) >= 11 is 3.91. The molecular formula is C22H26BrNO4. The van der Waals surface area contributed by atoms with Crippen molar-refractivity contribution in [2.75, 3.05) is 5.32 Å². The molecule has 0 saturated heterocycles. The Morgan fingerprint density at radius 2 is 1.71 bits per heavy atom. The number of rotatable bonds is 5. The number of carbonyl (C=O) groups excluding carboxylic acids is 3. The van der Waals surface area contributed by atoms with Crippen LogP contribution in [0, 0.1) is 17.3 Å². The Bertz CT molecular complexity index is 804. The van der Waals surface area contributed by atoms with Gasteiger partial charge in [-0.15, -0.1) is 0 Å². The number of hydrogen-bond acceptors (Lipinski definition) is 4. The van der Waals surface area contributed by atoms with E-state index in [1.54, 1.807) is 31.2 Å². The van der Waals surface area contributed by atoms with Gasteiger partial charge in [-0.1, -0.05) is 15.9 Å². The number of Topliss-reactive ketones (excluding diaryl/α,β-unsaturated/α-hetero) is 1. The number of ketones is 1. The maximum absolute atomic E-state index is 13.1. The van der Waals surface area contributed by atoms with Gasteiger partial charge in [0.1, 0.15) is 0 Å². The number of carbonyl (C=O) groups is 3. The summed E-state index contributed by atoms with van der Waals surface area (Å²) in [6.07, 6.45) is 5.23. The molecule has 1 amide bonds. The summed E-state index contributed by atoms with van der Waals surface area (Å²) in [5, 5.41) is 2.76. The first-order valence-electron chi connectivity index (χ1n) is 10.00. The molecule has 0 aromatic heterocycles. The third kappa shape index (κ3) is 3.63. The van der Waals surface area contributed by atoms with Crippen molar-refractivity contribution in [3.63, 3.8) is 0 Å². The molecule has 4 aliphatic carbocycles. The van der Waals surface area contributed by atoms with E-state index in [1.165, 1.54) is 13.3 Å². The number of amides is 1. The Labute approximate surface area is 173 Å². The number of alkyl halides is 1. The van der Waals surface area contributed by atoms with E-state index in [4.69, 9.17) is 4.74 Å². The monoisotopic (exact) mass is 447 g/mol. The molecule has 5 nitrogen and oxygen atoms in total. The fourth-order valence-electron chi connectivity index (χ4n) is 5.76. The lowest BCUT2D eigenvalue weighted by atomic mass is 9.49. The first-order chi connectivity index (χ1) is 13.2. The lowest BCUT2D eigenvalue weighted by Crippen LogP contribution is -2.56. The summed E-state index contributed by atoms with van der Waals surface area (Å²) in [6.45, 7) is 3.11. The molecule has 150 valence electrons. The molecule has 0 aliphatic heterocycles. The highest BCUT2D eigenvalue weighted by molar-refractivity contribution is 9.10. The molecule has 4 aliphatic rings. The topological polar surface area (TPSA) is 72.5 Å². The van der Waals surface area contributed by atoms with Gasteiger partial charge in [0.25, 0.3) is 5.91 Å². The highest BCUT2D eigenvalue weighted by atomic mass is 79.9. The van der Waals surface area contributed by atoms with Crippen molar-refractivity contribution >= 4 is 39.3 Å². The summed E-state index contributed by atoms with van der Waals surface area (Å²) < 4.78 is 5.72. The smallest absolute Gasteiger partial charge is 0.312 e. The van der Waals surface area contributed by atoms with Crippen LogP contribution in [0.25, 0.3) is 0 Å². The normalized spacial score (nSPS) is 34.0. The van der Waals surface area contributed by atoms with Crippen LogP contribution < -0.4 is 5.32 Å². The second kappa shape index (κ2) is 6.97. The fraction of sp³-hybridized carbons (Fsp3) is 0.591. The SMILES string of the molecule is CC(=O)c1ccc(NC(=O)[C@@H](C)OC(=O)C23C[C@@H]4C[C@@H](CC(Br)(C4)C2)C3)cc1. The summed E-state index contributed by atoms with van der Waals surface area (Å²) in [6, 6.07) is 6.69. The van der Waals surface area contributed by atoms with Crippen molar-refractivity contribution < 1.29 is 19.1 Å². The van der Waals surface area contributed by atoms with Crippen LogP contribution in [0.15, 0.2) is 24.3 Å². The van der Waals surface area contributed by atoms with Crippen molar-refractivity contribution in [1.29, 1.82) is 0 Å². The van der Waals surface area contributed by atoms with Gasteiger partial charge >= 0.3 is 5.97 Å². The Kier molecular flexibility index (Phi) is 4.89. The minimum atomic E-state index is -0.862. The maximum Gasteiger partial charge on any atom is 0.312 e. The van der Waals surface area contributed by atoms with Crippen molar-refractivity contribution in [3.05, 3.63) is 29.8 Å². The van der Waals surface area contributed by atoms with Crippen molar-refractivity contribution in [2.45, 2.75) is 62.8 Å². The number of hydrogen-bond donors (Lipinski definition) is 1. The van der Waals surface area contributed by atoms with E-state index in [9.17, 15) is 14.4 Å². The molecule has 5 atom stereocenters. The minimum Gasteiger partial charge on any atom is -0.452 e. The maximum atomic E-state index is 13.1. The fourth-order valence-corrected chi connectivity index (χ4v) is 7.21. The van der Waals surface area contributed by atoms with Crippen molar-refractivity contribution in [1.82, 2.24) is 0 Å². The summed E-state index contributed by atoms with van der Waals surface area (Å²) in [4.78, 5) is 36.9. The molecule has 1 aromatic rings. The second-order valence-corrected chi connectivity index (χ2v) is 10.7. The molecule has 0 spiro atoms. The van der Waals surface area contributed by atoms with Gasteiger partial charge in [-0.3, -0.25) is 14.4 Å². The van der Waals surface area contributed by atoms with Crippen LogP contribution in [0.5, 0.6) is 0 Å². The van der Waals surface area contributed by atoms with Crippen LogP contribution in [0.3, 0.4) is 0 Å². The van der Waals surface area contributed by atoms with Gasteiger partial charge < -0.3 is 10.1 Å². The van der Waals surface area contributed by atoms with Gasteiger partial charge in [0, 0.05) is 15.6 Å². The third-order valence-corrected chi connectivity index (χ3v) is 7.56. The minimum absolute atomic E-state index is 0.0275. The largest absolute Gasteiger partial charge is 0.452 e. The molecule has 5 rings (SSSR count). The third-order valence-electron chi connectivity index (χ3n) is 6.63. The van der Waals surface area contributed by atoms with Crippen molar-refractivity contribution in [3.8, 4) is 0 Å². The molecule has 1 aromatic carbocycles.